The Morgan fingerprint density at radius 1 is 0.375 bits per heavy atom. The summed E-state index contributed by atoms with van der Waals surface area (Å²) in [4.78, 5) is 0. The van der Waals surface area contributed by atoms with Gasteiger partial charge < -0.3 is 65.7 Å². The van der Waals surface area contributed by atoms with Crippen molar-refractivity contribution in [3.8, 4) is 0 Å². The second kappa shape index (κ2) is 74.4. The van der Waals surface area contributed by atoms with E-state index < -0.39 is 20.8 Å². The van der Waals surface area contributed by atoms with Crippen LogP contribution in [0, 0.1) is 0 Å². The van der Waals surface area contributed by atoms with Gasteiger partial charge in [0.2, 0.25) is 0 Å². The summed E-state index contributed by atoms with van der Waals surface area (Å²) < 4.78 is 63.2. The second-order valence-corrected chi connectivity index (χ2v) is 2.69. The van der Waals surface area contributed by atoms with Gasteiger partial charge in [0.05, 0.1) is 0 Å². The van der Waals surface area contributed by atoms with Gasteiger partial charge in [-0.15, -0.1) is 0 Å². The molecule has 0 amide bonds. The zero-order chi connectivity index (χ0) is 9.00. The van der Waals surface area contributed by atoms with Crippen molar-refractivity contribution in [2.75, 3.05) is 0 Å². The summed E-state index contributed by atoms with van der Waals surface area (Å²) in [5.74, 6) is 0. The van der Waals surface area contributed by atoms with Crippen molar-refractivity contribution in [1.29, 1.82) is 0 Å². The third-order valence-electron chi connectivity index (χ3n) is 0. The van der Waals surface area contributed by atoms with E-state index in [1.54, 1.807) is 0 Å². The molecule has 24 heteroatoms. The Morgan fingerprint density at radius 2 is 0.375 bits per heavy atom. The number of hydrogen-bond donors (Lipinski definition) is 4. The fourth-order valence-electron chi connectivity index (χ4n) is 0. The summed E-state index contributed by atoms with van der Waals surface area (Å²) in [6.45, 7) is 0. The Hall–Kier alpha value is 1.43. The van der Waals surface area contributed by atoms with E-state index in [4.69, 9.17) is 35.0 Å². The molecule has 24 heavy (non-hydrogen) atoms. The molecule has 0 fully saturated rings. The molecule has 0 aromatic carbocycles. The predicted molar refractivity (Wildman–Crippen MR) is 77.5 cm³/mol. The minimum absolute atomic E-state index is 0. The molecular weight excluding hydrogens is 450 g/mol. The molecule has 0 spiro atoms. The molecule has 0 atom stereocenters. The van der Waals surface area contributed by atoms with Crippen LogP contribution in [0.3, 0.4) is 0 Å². The molecule has 0 rings (SSSR count). The Labute approximate surface area is 188 Å². The van der Waals surface area contributed by atoms with Crippen molar-refractivity contribution in [3.05, 3.63) is 0 Å². The summed E-state index contributed by atoms with van der Waals surface area (Å²) in [6, 6.07) is 0. The van der Waals surface area contributed by atoms with Gasteiger partial charge in [-0.2, -0.15) is 16.8 Å². The summed E-state index contributed by atoms with van der Waals surface area (Å²) in [5.41, 5.74) is 0. The Bertz CT molecular complexity index is 218. The molecule has 28 N–H and O–H groups in total. The minimum Gasteiger partial charge on any atom is -0.412 e. The molecule has 0 heterocycles. The van der Waals surface area contributed by atoms with Crippen LogP contribution in [0.15, 0.2) is 0 Å². The Kier molecular flexibility index (Phi) is 529. The van der Waals surface area contributed by atoms with E-state index in [0.29, 0.717) is 0 Å². The van der Waals surface area contributed by atoms with E-state index in [1.165, 1.54) is 0 Å². The molecule has 0 radical (unpaired) electrons. The average Bonchev–Trinajstić information content (AvgIpc) is 1.12. The predicted octanol–water partition coefficient (Wildman–Crippen LogP) is -14.6. The molecule has 0 aliphatic rings. The van der Waals surface area contributed by atoms with Crippen molar-refractivity contribution in [3.63, 3.8) is 0 Å². The normalized spacial score (nSPS) is 4.83. The largest absolute Gasteiger partial charge is 3.00 e. The first kappa shape index (κ1) is 171. The maximum Gasteiger partial charge on any atom is 3.00 e. The van der Waals surface area contributed by atoms with Crippen LogP contribution in [0.4, 0.5) is 0 Å². The topological polar surface area (TPSA) is 527 Å². The Balaban J connectivity index is -0.00000000241. The molecule has 160 valence electrons. The monoisotopic (exact) mass is 478 g/mol. The van der Waals surface area contributed by atoms with Gasteiger partial charge in [-0.05, 0) is 0 Å². The van der Waals surface area contributed by atoms with E-state index in [0.717, 1.165) is 0 Å². The van der Waals surface area contributed by atoms with E-state index in [9.17, 15) is 0 Å². The minimum atomic E-state index is -4.67. The van der Waals surface area contributed by atoms with Crippen LogP contribution in [0.2, 0.25) is 0 Å². The molecular formula is H28AlKO20S2+4. The number of hydrogen-bond acceptors (Lipinski definition) is 4. The van der Waals surface area contributed by atoms with Gasteiger partial charge in [0.25, 0.3) is 0 Å². The van der Waals surface area contributed by atoms with Gasteiger partial charge in [-0.25, -0.2) is 0 Å². The first-order chi connectivity index (χ1) is 4.00. The van der Waals surface area contributed by atoms with Crippen LogP contribution in [0.1, 0.15) is 0 Å². The summed E-state index contributed by atoms with van der Waals surface area (Å²) in [6.07, 6.45) is 0. The first-order valence-corrected chi connectivity index (χ1v) is 4.19. The van der Waals surface area contributed by atoms with Crippen molar-refractivity contribution in [2.24, 2.45) is 0 Å². The summed E-state index contributed by atoms with van der Waals surface area (Å²) >= 11 is 0. The van der Waals surface area contributed by atoms with Crippen molar-refractivity contribution < 1.29 is 152 Å². The fourth-order valence-corrected chi connectivity index (χ4v) is 0. The van der Waals surface area contributed by atoms with Crippen molar-refractivity contribution in [2.45, 2.75) is 0 Å². The molecule has 0 saturated heterocycles. The van der Waals surface area contributed by atoms with Gasteiger partial charge in [-0.1, -0.05) is 0 Å². The van der Waals surface area contributed by atoms with Gasteiger partial charge in [0.1, 0.15) is 0 Å². The standard InChI is InChI=1S/Al.K.2H2O4S.12H2O/c;;2*1-5(2,3)4;;;;;;;;;;;;/h;;2*(H2,1,2,3,4);12*1H2/q+3;+1;;;;;;;;;;;;;;. The molecule has 0 bridgehead atoms. The zero-order valence-corrected chi connectivity index (χ0v) is 17.7. The smallest absolute Gasteiger partial charge is 0.412 e. The van der Waals surface area contributed by atoms with Gasteiger partial charge in [-0.3, -0.25) is 18.2 Å². The molecule has 0 aliphatic carbocycles. The van der Waals surface area contributed by atoms with Crippen molar-refractivity contribution in [1.82, 2.24) is 0 Å². The molecule has 20 nitrogen and oxygen atoms in total. The summed E-state index contributed by atoms with van der Waals surface area (Å²) in [5, 5.41) is 0. The molecule has 0 saturated carbocycles. The molecule has 0 aliphatic heterocycles. The molecule has 0 aromatic rings. The quantitative estimate of drug-likeness (QED) is 0.190. The number of rotatable bonds is 0. The van der Waals surface area contributed by atoms with Crippen molar-refractivity contribution >= 4 is 38.2 Å². The van der Waals surface area contributed by atoms with Gasteiger partial charge in [0.15, 0.2) is 0 Å². The summed E-state index contributed by atoms with van der Waals surface area (Å²) in [7, 11) is -9.33. The molecule has 0 aromatic heterocycles. The third kappa shape index (κ3) is 5770. The van der Waals surface area contributed by atoms with Crippen LogP contribution >= 0.6 is 0 Å². The van der Waals surface area contributed by atoms with Crippen LogP contribution in [0.5, 0.6) is 0 Å². The SMILES string of the molecule is O.O.O.O.O.O.O.O.O.O.O.O.O=S(=O)(O)O.O=S(=O)(O)O.[Al+3].[K+]. The Morgan fingerprint density at radius 3 is 0.375 bits per heavy atom. The first-order valence-electron chi connectivity index (χ1n) is 1.40. The second-order valence-electron chi connectivity index (χ2n) is 0.896. The third-order valence-corrected chi connectivity index (χ3v) is 0. The van der Waals surface area contributed by atoms with Crippen LogP contribution in [-0.2, 0) is 20.8 Å². The zero-order valence-electron chi connectivity index (χ0n) is 11.8. The van der Waals surface area contributed by atoms with E-state index in [2.05, 4.69) is 0 Å². The van der Waals surface area contributed by atoms with Gasteiger partial charge in [0, 0.05) is 0 Å². The molecule has 0 unspecified atom stereocenters. The maximum absolute atomic E-state index is 8.74. The van der Waals surface area contributed by atoms with Crippen LogP contribution in [0.25, 0.3) is 0 Å². The van der Waals surface area contributed by atoms with Crippen LogP contribution < -0.4 is 51.4 Å². The van der Waals surface area contributed by atoms with Gasteiger partial charge >= 0.3 is 89.5 Å². The van der Waals surface area contributed by atoms with Crippen LogP contribution in [-0.4, -0.2) is 118 Å². The maximum atomic E-state index is 8.74. The van der Waals surface area contributed by atoms with E-state index >= 15 is 0 Å². The van der Waals surface area contributed by atoms with E-state index in [1.807, 2.05) is 0 Å². The average molecular weight is 478 g/mol. The van der Waals surface area contributed by atoms with E-state index in [-0.39, 0.29) is 134 Å². The fraction of sp³-hybridized carbons (Fsp3) is 0.